The quantitative estimate of drug-likeness (QED) is 0.929. The van der Waals surface area contributed by atoms with E-state index >= 15 is 0 Å². The first kappa shape index (κ1) is 16.3. The van der Waals surface area contributed by atoms with E-state index in [-0.39, 0.29) is 0 Å². The van der Waals surface area contributed by atoms with Gasteiger partial charge in [-0.05, 0) is 57.9 Å². The fraction of sp³-hybridized carbons (Fsp3) is 0.625. The molecule has 1 atom stereocenters. The topological polar surface area (TPSA) is 49.4 Å². The first-order chi connectivity index (χ1) is 9.86. The standard InChI is InChI=1S/C16H26N2O2S/c1-13(2)18-10-5-7-14(9-11-18)17-15-6-4-8-16(12-15)21(3,19)20/h4,6,8,12-14,17H,5,7,9-11H2,1-3H3. The molecule has 21 heavy (non-hydrogen) atoms. The van der Waals surface area contributed by atoms with Crippen LogP contribution in [0.2, 0.25) is 0 Å². The SMILES string of the molecule is CC(C)N1CCCC(Nc2cccc(S(C)(=O)=O)c2)CC1. The van der Waals surface area contributed by atoms with Crippen molar-refractivity contribution < 1.29 is 8.42 Å². The van der Waals surface area contributed by atoms with Gasteiger partial charge in [0, 0.05) is 30.6 Å². The summed E-state index contributed by atoms with van der Waals surface area (Å²) in [7, 11) is -3.14. The zero-order chi connectivity index (χ0) is 15.5. The fourth-order valence-corrected chi connectivity index (χ4v) is 3.50. The van der Waals surface area contributed by atoms with Crippen LogP contribution >= 0.6 is 0 Å². The minimum Gasteiger partial charge on any atom is -0.382 e. The van der Waals surface area contributed by atoms with E-state index in [0.29, 0.717) is 17.0 Å². The van der Waals surface area contributed by atoms with Gasteiger partial charge in [0.2, 0.25) is 0 Å². The highest BCUT2D eigenvalue weighted by molar-refractivity contribution is 7.90. The molecule has 0 spiro atoms. The molecule has 1 N–H and O–H groups in total. The Kier molecular flexibility index (Phi) is 5.27. The lowest BCUT2D eigenvalue weighted by molar-refractivity contribution is 0.230. The van der Waals surface area contributed by atoms with Gasteiger partial charge in [0.1, 0.15) is 0 Å². The van der Waals surface area contributed by atoms with Crippen LogP contribution in [-0.4, -0.2) is 44.7 Å². The number of benzene rings is 1. The Balaban J connectivity index is 2.02. The normalized spacial score (nSPS) is 21.2. The third-order valence-electron chi connectivity index (χ3n) is 4.13. The van der Waals surface area contributed by atoms with Gasteiger partial charge in [-0.25, -0.2) is 8.42 Å². The van der Waals surface area contributed by atoms with Crippen LogP contribution in [0.15, 0.2) is 29.2 Å². The van der Waals surface area contributed by atoms with Crippen LogP contribution < -0.4 is 5.32 Å². The molecular formula is C16H26N2O2S. The second-order valence-corrected chi connectivity index (χ2v) is 8.22. The lowest BCUT2D eigenvalue weighted by atomic mass is 10.1. The molecule has 1 aromatic carbocycles. The van der Waals surface area contributed by atoms with Gasteiger partial charge >= 0.3 is 0 Å². The molecule has 0 amide bonds. The molecule has 1 saturated heterocycles. The summed E-state index contributed by atoms with van der Waals surface area (Å²) in [6, 6.07) is 8.14. The zero-order valence-electron chi connectivity index (χ0n) is 13.2. The van der Waals surface area contributed by atoms with Gasteiger partial charge in [-0.2, -0.15) is 0 Å². The van der Waals surface area contributed by atoms with Gasteiger partial charge in [0.25, 0.3) is 0 Å². The summed E-state index contributed by atoms with van der Waals surface area (Å²) in [6.07, 6.45) is 4.66. The van der Waals surface area contributed by atoms with E-state index in [4.69, 9.17) is 0 Å². The molecule has 0 aromatic heterocycles. The van der Waals surface area contributed by atoms with Crippen molar-refractivity contribution in [2.45, 2.75) is 50.1 Å². The van der Waals surface area contributed by atoms with Gasteiger partial charge in [0.15, 0.2) is 9.84 Å². The van der Waals surface area contributed by atoms with Crippen molar-refractivity contribution in [3.63, 3.8) is 0 Å². The fourth-order valence-electron chi connectivity index (χ4n) is 2.83. The van der Waals surface area contributed by atoms with Crippen molar-refractivity contribution in [3.8, 4) is 0 Å². The molecule has 118 valence electrons. The van der Waals surface area contributed by atoms with Gasteiger partial charge in [0.05, 0.1) is 4.90 Å². The molecular weight excluding hydrogens is 284 g/mol. The predicted octanol–water partition coefficient (Wildman–Crippen LogP) is 2.76. The number of likely N-dealkylation sites (tertiary alicyclic amines) is 1. The van der Waals surface area contributed by atoms with Gasteiger partial charge < -0.3 is 10.2 Å². The van der Waals surface area contributed by atoms with E-state index in [9.17, 15) is 8.42 Å². The summed E-state index contributed by atoms with van der Waals surface area (Å²) in [5.74, 6) is 0. The summed E-state index contributed by atoms with van der Waals surface area (Å²) in [4.78, 5) is 2.89. The number of nitrogens with one attached hydrogen (secondary N) is 1. The minimum atomic E-state index is -3.14. The highest BCUT2D eigenvalue weighted by Gasteiger charge is 2.18. The molecule has 0 saturated carbocycles. The molecule has 1 aromatic rings. The molecule has 1 heterocycles. The van der Waals surface area contributed by atoms with Crippen LogP contribution in [0.25, 0.3) is 0 Å². The Morgan fingerprint density at radius 3 is 2.67 bits per heavy atom. The number of sulfone groups is 1. The van der Waals surface area contributed by atoms with E-state index in [2.05, 4.69) is 24.1 Å². The molecule has 4 nitrogen and oxygen atoms in total. The second kappa shape index (κ2) is 6.79. The maximum absolute atomic E-state index is 11.6. The monoisotopic (exact) mass is 310 g/mol. The highest BCUT2D eigenvalue weighted by atomic mass is 32.2. The third kappa shape index (κ3) is 4.71. The summed E-state index contributed by atoms with van der Waals surface area (Å²) >= 11 is 0. The molecule has 0 radical (unpaired) electrons. The molecule has 5 heteroatoms. The highest BCUT2D eigenvalue weighted by Crippen LogP contribution is 2.20. The summed E-state index contributed by atoms with van der Waals surface area (Å²) in [5.41, 5.74) is 0.904. The van der Waals surface area contributed by atoms with Crippen LogP contribution in [0, 0.1) is 0 Å². The van der Waals surface area contributed by atoms with Crippen LogP contribution in [0.3, 0.4) is 0 Å². The lowest BCUT2D eigenvalue weighted by Gasteiger charge is -2.24. The van der Waals surface area contributed by atoms with Gasteiger partial charge in [-0.3, -0.25) is 0 Å². The number of anilines is 1. The number of hydrogen-bond acceptors (Lipinski definition) is 4. The molecule has 0 aliphatic carbocycles. The maximum atomic E-state index is 11.6. The minimum absolute atomic E-state index is 0.380. The van der Waals surface area contributed by atoms with Gasteiger partial charge in [-0.1, -0.05) is 6.07 Å². The van der Waals surface area contributed by atoms with Crippen LogP contribution in [-0.2, 0) is 9.84 Å². The molecule has 1 aliphatic rings. The second-order valence-electron chi connectivity index (χ2n) is 6.20. The van der Waals surface area contributed by atoms with Crippen molar-refractivity contribution in [2.75, 3.05) is 24.7 Å². The Bertz CT molecular complexity index is 569. The Hall–Kier alpha value is -1.07. The van der Waals surface area contributed by atoms with Crippen molar-refractivity contribution in [2.24, 2.45) is 0 Å². The van der Waals surface area contributed by atoms with Crippen LogP contribution in [0.4, 0.5) is 5.69 Å². The largest absolute Gasteiger partial charge is 0.382 e. The Labute approximate surface area is 128 Å². The summed E-state index contributed by atoms with van der Waals surface area (Å²) < 4.78 is 23.2. The number of rotatable bonds is 4. The molecule has 2 rings (SSSR count). The lowest BCUT2D eigenvalue weighted by Crippen LogP contribution is -2.32. The van der Waals surface area contributed by atoms with E-state index in [1.165, 1.54) is 12.7 Å². The Morgan fingerprint density at radius 1 is 1.24 bits per heavy atom. The van der Waals surface area contributed by atoms with Crippen molar-refractivity contribution in [3.05, 3.63) is 24.3 Å². The van der Waals surface area contributed by atoms with Crippen LogP contribution in [0.5, 0.6) is 0 Å². The maximum Gasteiger partial charge on any atom is 0.175 e. The van der Waals surface area contributed by atoms with E-state index < -0.39 is 9.84 Å². The summed E-state index contributed by atoms with van der Waals surface area (Å²) in [6.45, 7) is 6.73. The molecule has 1 unspecified atom stereocenters. The van der Waals surface area contributed by atoms with Crippen molar-refractivity contribution in [1.29, 1.82) is 0 Å². The Morgan fingerprint density at radius 2 is 2.00 bits per heavy atom. The molecule has 1 fully saturated rings. The smallest absolute Gasteiger partial charge is 0.175 e. The van der Waals surface area contributed by atoms with Crippen LogP contribution in [0.1, 0.15) is 33.1 Å². The van der Waals surface area contributed by atoms with Crippen molar-refractivity contribution in [1.82, 2.24) is 4.90 Å². The molecule has 1 aliphatic heterocycles. The predicted molar refractivity (Wildman–Crippen MR) is 87.5 cm³/mol. The van der Waals surface area contributed by atoms with Gasteiger partial charge in [-0.15, -0.1) is 0 Å². The zero-order valence-corrected chi connectivity index (χ0v) is 14.0. The number of hydrogen-bond donors (Lipinski definition) is 1. The van der Waals surface area contributed by atoms with Crippen molar-refractivity contribution >= 4 is 15.5 Å². The van der Waals surface area contributed by atoms with E-state index in [0.717, 1.165) is 31.6 Å². The average molecular weight is 310 g/mol. The van der Waals surface area contributed by atoms with E-state index in [1.807, 2.05) is 6.07 Å². The third-order valence-corrected chi connectivity index (χ3v) is 5.24. The average Bonchev–Trinajstić information content (AvgIpc) is 2.64. The summed E-state index contributed by atoms with van der Waals surface area (Å²) in [5, 5.41) is 3.50. The van der Waals surface area contributed by atoms with E-state index in [1.54, 1.807) is 18.2 Å². The number of nitrogens with zero attached hydrogens (tertiary/aromatic N) is 1. The molecule has 0 bridgehead atoms. The first-order valence-corrected chi connectivity index (χ1v) is 9.56. The first-order valence-electron chi connectivity index (χ1n) is 7.67.